The molecule has 0 amide bonds. The maximum atomic E-state index is 6.56. The summed E-state index contributed by atoms with van der Waals surface area (Å²) in [4.78, 5) is 0. The van der Waals surface area contributed by atoms with E-state index in [9.17, 15) is 0 Å². The van der Waals surface area contributed by atoms with Crippen LogP contribution < -0.4 is 22.0 Å². The molecule has 0 saturated heterocycles. The van der Waals surface area contributed by atoms with Gasteiger partial charge in [0.1, 0.15) is 0 Å². The second-order valence-corrected chi connectivity index (χ2v) is 20.4. The van der Waals surface area contributed by atoms with Crippen molar-refractivity contribution < 1.29 is 0 Å². The van der Waals surface area contributed by atoms with E-state index in [0.29, 0.717) is 0 Å². The molecule has 0 spiro atoms. The molecule has 2 aliphatic carbocycles. The highest BCUT2D eigenvalue weighted by Gasteiger charge is 2.25. The van der Waals surface area contributed by atoms with Crippen LogP contribution in [0.3, 0.4) is 0 Å². The molecule has 4 N–H and O–H groups in total. The van der Waals surface area contributed by atoms with Gasteiger partial charge in [-0.3, -0.25) is 0 Å². The van der Waals surface area contributed by atoms with Gasteiger partial charge in [0.05, 0.1) is 49.8 Å². The maximum absolute atomic E-state index is 6.56. The van der Waals surface area contributed by atoms with Gasteiger partial charge in [0.15, 0.2) is 0 Å². The minimum absolute atomic E-state index is 0.919. The number of aryl methyl sites for hydroxylation is 2. The van der Waals surface area contributed by atoms with E-state index >= 15 is 0 Å². The molecule has 0 aliphatic heterocycles. The highest BCUT2D eigenvalue weighted by Crippen LogP contribution is 2.45. The van der Waals surface area contributed by atoms with Gasteiger partial charge in [0.25, 0.3) is 0 Å². The average Bonchev–Trinajstić information content (AvgIpc) is 4.20. The van der Waals surface area contributed by atoms with Crippen molar-refractivity contribution in [3.05, 3.63) is 264 Å². The smallest absolute Gasteiger partial charge is 0.0613 e. The summed E-state index contributed by atoms with van der Waals surface area (Å²) in [7, 11) is 0. The normalized spacial score (nSPS) is 16.3. The molecule has 79 heavy (non-hydrogen) atoms. The Bertz CT molecular complexity index is 4770. The van der Waals surface area contributed by atoms with Crippen molar-refractivity contribution in [2.75, 3.05) is 0 Å². The first-order valence-electron chi connectivity index (χ1n) is 27.2. The van der Waals surface area contributed by atoms with Crippen LogP contribution in [0.5, 0.6) is 0 Å². The number of hydrogen-bond acceptors (Lipinski definition) is 2. The lowest BCUT2D eigenvalue weighted by Crippen LogP contribution is -2.28. The third kappa shape index (κ3) is 8.02. The lowest BCUT2D eigenvalue weighted by Gasteiger charge is -2.22. The molecule has 4 heterocycles. The lowest BCUT2D eigenvalue weighted by atomic mass is 9.83. The zero-order valence-electron chi connectivity index (χ0n) is 44.7. The van der Waals surface area contributed by atoms with Gasteiger partial charge in [-0.2, -0.15) is 0 Å². The number of rotatable bonds is 9. The van der Waals surface area contributed by atoms with Crippen molar-refractivity contribution >= 4 is 107 Å². The van der Waals surface area contributed by atoms with Gasteiger partial charge in [0, 0.05) is 66.4 Å². The van der Waals surface area contributed by atoms with Crippen molar-refractivity contribution in [1.29, 1.82) is 0 Å². The fourth-order valence-electron chi connectivity index (χ4n) is 12.5. The van der Waals surface area contributed by atoms with Crippen LogP contribution in [0.25, 0.3) is 135 Å². The number of nitrogens with two attached hydrogens (primary N) is 2. The van der Waals surface area contributed by atoms with Crippen LogP contribution in [0.15, 0.2) is 231 Å². The van der Waals surface area contributed by atoms with Gasteiger partial charge in [-0.1, -0.05) is 128 Å². The Morgan fingerprint density at radius 1 is 0.519 bits per heavy atom. The number of hydrogen-bond donors (Lipinski definition) is 2. The van der Waals surface area contributed by atoms with Crippen LogP contribution in [-0.2, 0) is 12.8 Å². The van der Waals surface area contributed by atoms with Crippen LogP contribution in [0.1, 0.15) is 43.2 Å². The molecule has 0 bridgehead atoms. The second kappa shape index (κ2) is 20.2. The van der Waals surface area contributed by atoms with Crippen molar-refractivity contribution in [1.82, 2.24) is 18.3 Å². The summed E-state index contributed by atoms with van der Waals surface area (Å²) in [5.41, 5.74) is 33.4. The molecular weight excluding hydrogens is 961 g/mol. The molecule has 0 fully saturated rings. The largest absolute Gasteiger partial charge is 0.405 e. The van der Waals surface area contributed by atoms with Crippen LogP contribution >= 0.6 is 0 Å². The quantitative estimate of drug-likeness (QED) is 0.141. The molecule has 4 aromatic heterocycles. The maximum Gasteiger partial charge on any atom is 0.0613 e. The van der Waals surface area contributed by atoms with Gasteiger partial charge < -0.3 is 29.7 Å². The molecule has 7 aromatic carbocycles. The summed E-state index contributed by atoms with van der Waals surface area (Å²) < 4.78 is 9.43. The standard InChI is InChI=1S/C73H60N6/c1-5-20-53(21-6-2)77-67-30-13-9-12-26-59-63-43-51-34-35-52-44-65-64-42-50(49-36-38-70-62(41-49)58-28-15-17-32-69(58)78(70)54-24-10-8-11-25-54)37-39-71(64)79(55(47-75)22-7-3)73(65)46-61(52)60(51)45-72(63)76(48(4)23-19-40-74)66(59)33-18-29-57(67)56-27-14-16-31-68(56)77/h5-33,36-47H,1,34-35,74-75H2,2-4H3/b12-9?,13-9+,21-6-,22-7-,26-12+,29-18?,30-13?,33-18-,40-19-,48-23+,53-20+,55-47+,57-29-,59-26?,66-33?,67-30+. The Balaban J connectivity index is 0.994. The van der Waals surface area contributed by atoms with Crippen LogP contribution in [0.2, 0.25) is 0 Å². The molecule has 13 rings (SSSR count). The van der Waals surface area contributed by atoms with Crippen molar-refractivity contribution in [2.45, 2.75) is 33.6 Å². The summed E-state index contributed by atoms with van der Waals surface area (Å²) in [5, 5.41) is 9.47. The number of allylic oxidation sites excluding steroid dienone is 15. The SMILES string of the molecule is C=C/C=C(\C=C/C)n1c2/c(c3ccccc31)=C\C=C/c1c(c3cc4c(cc3n1/C(C)=C/C=C\N)-c1cc3c(cc1CC4)c1cc(-c4ccc5c(c4)c4ccccc4n5-c4ccccc4)ccc1n3C(/C=C\C)=C/N)\C=C\C=C\C=2. The third-order valence-corrected chi connectivity index (χ3v) is 15.9. The van der Waals surface area contributed by atoms with E-state index in [1.54, 1.807) is 12.4 Å². The molecule has 6 heteroatoms. The third-order valence-electron chi connectivity index (χ3n) is 15.9. The summed E-state index contributed by atoms with van der Waals surface area (Å²) in [6.07, 6.45) is 39.1. The number of para-hydroxylation sites is 3. The molecule has 0 radical (unpaired) electrons. The van der Waals surface area contributed by atoms with E-state index in [-0.39, 0.29) is 0 Å². The minimum atomic E-state index is 0.919. The van der Waals surface area contributed by atoms with Crippen LogP contribution in [0, 0.1) is 0 Å². The molecule has 2 aliphatic rings. The molecule has 0 atom stereocenters. The zero-order valence-corrected chi connectivity index (χ0v) is 44.7. The predicted molar refractivity (Wildman–Crippen MR) is 341 cm³/mol. The van der Waals surface area contributed by atoms with E-state index in [0.717, 1.165) is 79.5 Å². The summed E-state index contributed by atoms with van der Waals surface area (Å²) in [6.45, 7) is 10.3. The Labute approximate surface area is 460 Å². The van der Waals surface area contributed by atoms with E-state index in [1.165, 1.54) is 76.7 Å². The van der Waals surface area contributed by atoms with Crippen LogP contribution in [0.4, 0.5) is 0 Å². The topological polar surface area (TPSA) is 71.8 Å². The highest BCUT2D eigenvalue weighted by atomic mass is 15.0. The van der Waals surface area contributed by atoms with Gasteiger partial charge in [-0.05, 0) is 189 Å². The monoisotopic (exact) mass is 1020 g/mol. The van der Waals surface area contributed by atoms with E-state index in [4.69, 9.17) is 11.5 Å². The summed E-state index contributed by atoms with van der Waals surface area (Å²) >= 11 is 0. The first-order chi connectivity index (χ1) is 38.9. The Morgan fingerprint density at radius 3 is 1.86 bits per heavy atom. The zero-order chi connectivity index (χ0) is 53.7. The molecule has 6 nitrogen and oxygen atoms in total. The first kappa shape index (κ1) is 48.6. The predicted octanol–water partition coefficient (Wildman–Crippen LogP) is 16.4. The molecular formula is C73H60N6. The van der Waals surface area contributed by atoms with E-state index in [2.05, 4.69) is 256 Å². The van der Waals surface area contributed by atoms with E-state index in [1.807, 2.05) is 26.0 Å². The summed E-state index contributed by atoms with van der Waals surface area (Å²) in [6, 6.07) is 51.6. The number of fused-ring (bicyclic) bond motifs is 15. The van der Waals surface area contributed by atoms with Gasteiger partial charge in [0.2, 0.25) is 0 Å². The molecule has 0 unspecified atom stereocenters. The number of aromatic nitrogens is 4. The number of nitrogens with zero attached hydrogens (tertiary/aromatic N) is 4. The highest BCUT2D eigenvalue weighted by molar-refractivity contribution is 6.15. The summed E-state index contributed by atoms with van der Waals surface area (Å²) in [5.74, 6) is 0. The van der Waals surface area contributed by atoms with Crippen molar-refractivity contribution in [3.63, 3.8) is 0 Å². The van der Waals surface area contributed by atoms with Crippen molar-refractivity contribution in [3.8, 4) is 27.9 Å². The van der Waals surface area contributed by atoms with Gasteiger partial charge in [-0.25, -0.2) is 0 Å². The van der Waals surface area contributed by atoms with Gasteiger partial charge >= 0.3 is 0 Å². The average molecular weight is 1020 g/mol. The van der Waals surface area contributed by atoms with E-state index < -0.39 is 0 Å². The fraction of sp³-hybridized carbons (Fsp3) is 0.0685. The Hall–Kier alpha value is -10.0. The Morgan fingerprint density at radius 2 is 1.14 bits per heavy atom. The molecule has 11 aromatic rings. The van der Waals surface area contributed by atoms with Gasteiger partial charge in [-0.15, -0.1) is 0 Å². The minimum Gasteiger partial charge on any atom is -0.405 e. The van der Waals surface area contributed by atoms with Crippen LogP contribution in [-0.4, -0.2) is 18.3 Å². The second-order valence-electron chi connectivity index (χ2n) is 20.4. The molecule has 382 valence electrons. The number of benzene rings is 7. The van der Waals surface area contributed by atoms with Crippen molar-refractivity contribution in [2.24, 2.45) is 11.5 Å². The fourth-order valence-corrected chi connectivity index (χ4v) is 12.5. The molecule has 0 saturated carbocycles. The Kier molecular flexibility index (Phi) is 12.4. The lowest BCUT2D eigenvalue weighted by molar-refractivity contribution is 0.946. The first-order valence-corrected chi connectivity index (χ1v) is 27.2.